The van der Waals surface area contributed by atoms with Crippen molar-refractivity contribution in [3.63, 3.8) is 0 Å². The Labute approximate surface area is 152 Å². The molecule has 1 rings (SSSR count). The highest BCUT2D eigenvalue weighted by molar-refractivity contribution is 5.76. The zero-order chi connectivity index (χ0) is 19.6. The van der Waals surface area contributed by atoms with Gasteiger partial charge in [-0.1, -0.05) is 78.8 Å². The monoisotopic (exact) mass is 337 g/mol. The molecule has 142 valence electrons. The molecule has 0 bridgehead atoms. The van der Waals surface area contributed by atoms with Crippen LogP contribution in [0.15, 0.2) is 30.3 Å². The number of hydrogen-bond acceptors (Lipinski definition) is 1. The van der Waals surface area contributed by atoms with Crippen LogP contribution in [0.1, 0.15) is 87.6 Å². The zero-order valence-corrected chi connectivity index (χ0v) is 18.0. The first-order valence-electron chi connectivity index (χ1n) is 9.59. The summed E-state index contributed by atoms with van der Waals surface area (Å²) in [6.45, 7) is 20.3. The maximum Gasteiger partial charge on any atom is 0.220 e. The van der Waals surface area contributed by atoms with Gasteiger partial charge in [0.2, 0.25) is 5.91 Å². The number of nitrogens with one attached hydrogen (secondary N) is 1. The highest BCUT2D eigenvalue weighted by atomic mass is 16.1. The highest BCUT2D eigenvalue weighted by Crippen LogP contribution is 2.07. The lowest BCUT2D eigenvalue weighted by atomic mass is 10.0. The summed E-state index contributed by atoms with van der Waals surface area (Å²) < 4.78 is 0. The molecule has 1 N–H and O–H groups in total. The molecule has 2 heteroatoms. The summed E-state index contributed by atoms with van der Waals surface area (Å²) in [6.07, 6.45) is 3.08. The quantitative estimate of drug-likeness (QED) is 0.655. The molecule has 0 radical (unpaired) electrons. The summed E-state index contributed by atoms with van der Waals surface area (Å²) in [5.74, 6) is 0.928. The molecule has 0 spiro atoms. The molecule has 1 amide bonds. The van der Waals surface area contributed by atoms with Gasteiger partial charge in [-0.05, 0) is 45.1 Å². The fourth-order valence-corrected chi connectivity index (χ4v) is 1.61. The summed E-state index contributed by atoms with van der Waals surface area (Å²) in [4.78, 5) is 10.7. The van der Waals surface area contributed by atoms with Crippen molar-refractivity contribution in [3.05, 3.63) is 35.9 Å². The first-order chi connectivity index (χ1) is 11.2. The lowest BCUT2D eigenvalue weighted by Crippen LogP contribution is -2.40. The van der Waals surface area contributed by atoms with Crippen molar-refractivity contribution >= 4 is 5.91 Å². The summed E-state index contributed by atoms with van der Waals surface area (Å²) in [7, 11) is 0. The molecule has 0 heterocycles. The van der Waals surface area contributed by atoms with Gasteiger partial charge in [-0.25, -0.2) is 0 Å². The van der Waals surface area contributed by atoms with Gasteiger partial charge in [0, 0.05) is 12.0 Å². The minimum atomic E-state index is -0.0763. The molecule has 0 aromatic heterocycles. The van der Waals surface area contributed by atoms with E-state index in [-0.39, 0.29) is 11.4 Å². The predicted octanol–water partition coefficient (Wildman–Crippen LogP) is 6.64. The van der Waals surface area contributed by atoms with Gasteiger partial charge < -0.3 is 5.32 Å². The van der Waals surface area contributed by atoms with Crippen molar-refractivity contribution < 1.29 is 4.79 Å². The lowest BCUT2D eigenvalue weighted by molar-refractivity contribution is -0.122. The lowest BCUT2D eigenvalue weighted by Gasteiger charge is -2.19. The van der Waals surface area contributed by atoms with Crippen LogP contribution in [0.25, 0.3) is 0 Å². The fraction of sp³-hybridized carbons (Fsp3) is 0.682. The van der Waals surface area contributed by atoms with E-state index in [4.69, 9.17) is 0 Å². The first kappa shape index (κ1) is 27.5. The molecule has 2 nitrogen and oxygen atoms in total. The second kappa shape index (κ2) is 18.0. The van der Waals surface area contributed by atoms with Gasteiger partial charge in [0.15, 0.2) is 0 Å². The molecule has 0 unspecified atom stereocenters. The van der Waals surface area contributed by atoms with Gasteiger partial charge in [0.1, 0.15) is 0 Å². The minimum absolute atomic E-state index is 0.0763. The Balaban J connectivity index is -0.000000309. The molecule has 0 fully saturated rings. The Bertz CT molecular complexity index is 363. The molecule has 1 aromatic rings. The van der Waals surface area contributed by atoms with E-state index in [1.54, 1.807) is 0 Å². The van der Waals surface area contributed by atoms with E-state index in [0.717, 1.165) is 5.92 Å². The number of carbonyl (C=O) groups is 1. The van der Waals surface area contributed by atoms with Crippen molar-refractivity contribution in [3.8, 4) is 0 Å². The second-order valence-corrected chi connectivity index (χ2v) is 6.57. The van der Waals surface area contributed by atoms with Crippen LogP contribution in [0.4, 0.5) is 0 Å². The molecular formula is C22H43NO. The number of benzene rings is 1. The van der Waals surface area contributed by atoms with Crippen molar-refractivity contribution in [2.24, 2.45) is 5.92 Å². The number of carbonyl (C=O) groups excluding carboxylic acids is 1. The molecule has 0 atom stereocenters. The van der Waals surface area contributed by atoms with E-state index in [0.29, 0.717) is 6.42 Å². The summed E-state index contributed by atoms with van der Waals surface area (Å²) in [5.41, 5.74) is 1.38. The molecule has 0 saturated heterocycles. The average Bonchev–Trinajstić information content (AvgIpc) is 2.56. The third kappa shape index (κ3) is 23.0. The van der Waals surface area contributed by atoms with Crippen LogP contribution in [0.3, 0.4) is 0 Å². The van der Waals surface area contributed by atoms with Gasteiger partial charge in [-0.2, -0.15) is 0 Å². The Hall–Kier alpha value is -1.31. The molecule has 0 aliphatic rings. The molecule has 0 aliphatic heterocycles. The average molecular weight is 338 g/mol. The smallest absolute Gasteiger partial charge is 0.220 e. The topological polar surface area (TPSA) is 29.1 Å². The van der Waals surface area contributed by atoms with Crippen LogP contribution < -0.4 is 5.32 Å². The van der Waals surface area contributed by atoms with Crippen molar-refractivity contribution in [1.29, 1.82) is 0 Å². The summed E-state index contributed by atoms with van der Waals surface area (Å²) in [5, 5.41) is 2.83. The van der Waals surface area contributed by atoms with Gasteiger partial charge in [0.25, 0.3) is 0 Å². The van der Waals surface area contributed by atoms with E-state index in [1.165, 1.54) is 18.4 Å². The Morgan fingerprint density at radius 3 is 1.75 bits per heavy atom. The Morgan fingerprint density at radius 2 is 1.46 bits per heavy atom. The number of hydrogen-bond donors (Lipinski definition) is 1. The molecular weight excluding hydrogens is 294 g/mol. The van der Waals surface area contributed by atoms with E-state index in [9.17, 15) is 4.79 Å². The SMILES string of the molecule is CC.CC.CC(C)CCc1ccccc1.CCC(=O)NC(C)(C)C. The summed E-state index contributed by atoms with van der Waals surface area (Å²) in [6, 6.07) is 10.7. The van der Waals surface area contributed by atoms with Crippen LogP contribution in [-0.2, 0) is 11.2 Å². The standard InChI is InChI=1S/C11H16.C7H15NO.2C2H6/c1-10(2)8-9-11-6-4-3-5-7-11;1-5-6(9)8-7(2,3)4;2*1-2/h3-7,10H,8-9H2,1-2H3;5H2,1-4H3,(H,8,9);2*1-2H3. The van der Waals surface area contributed by atoms with Crippen LogP contribution in [0, 0.1) is 5.92 Å². The van der Waals surface area contributed by atoms with Gasteiger partial charge in [-0.15, -0.1) is 0 Å². The van der Waals surface area contributed by atoms with Crippen molar-refractivity contribution in [2.45, 2.75) is 94.0 Å². The molecule has 0 aliphatic carbocycles. The van der Waals surface area contributed by atoms with E-state index in [2.05, 4.69) is 49.5 Å². The number of rotatable bonds is 4. The van der Waals surface area contributed by atoms with E-state index in [1.807, 2.05) is 55.4 Å². The fourth-order valence-electron chi connectivity index (χ4n) is 1.61. The van der Waals surface area contributed by atoms with Gasteiger partial charge in [0.05, 0.1) is 0 Å². The van der Waals surface area contributed by atoms with Crippen LogP contribution in [0.2, 0.25) is 0 Å². The highest BCUT2D eigenvalue weighted by Gasteiger charge is 2.10. The Kier molecular flexibility index (Phi) is 20.7. The van der Waals surface area contributed by atoms with Crippen molar-refractivity contribution in [2.75, 3.05) is 0 Å². The molecule has 0 saturated carbocycles. The van der Waals surface area contributed by atoms with Crippen LogP contribution in [0.5, 0.6) is 0 Å². The summed E-state index contributed by atoms with van der Waals surface area (Å²) >= 11 is 0. The predicted molar refractivity (Wildman–Crippen MR) is 110 cm³/mol. The second-order valence-electron chi connectivity index (χ2n) is 6.57. The minimum Gasteiger partial charge on any atom is -0.352 e. The third-order valence-electron chi connectivity index (χ3n) is 2.69. The maximum atomic E-state index is 10.7. The van der Waals surface area contributed by atoms with Crippen molar-refractivity contribution in [1.82, 2.24) is 5.32 Å². The Morgan fingerprint density at radius 1 is 1.00 bits per heavy atom. The van der Waals surface area contributed by atoms with Gasteiger partial charge >= 0.3 is 0 Å². The van der Waals surface area contributed by atoms with Crippen LogP contribution in [-0.4, -0.2) is 11.4 Å². The normalized spacial score (nSPS) is 9.46. The molecule has 24 heavy (non-hydrogen) atoms. The van der Waals surface area contributed by atoms with Crippen LogP contribution >= 0.6 is 0 Å². The van der Waals surface area contributed by atoms with E-state index < -0.39 is 0 Å². The zero-order valence-electron chi connectivity index (χ0n) is 18.0. The number of aryl methyl sites for hydroxylation is 1. The maximum absolute atomic E-state index is 10.7. The third-order valence-corrected chi connectivity index (χ3v) is 2.69. The van der Waals surface area contributed by atoms with E-state index >= 15 is 0 Å². The largest absolute Gasteiger partial charge is 0.352 e. The molecule has 1 aromatic carbocycles. The number of amides is 1. The first-order valence-corrected chi connectivity index (χ1v) is 9.59. The van der Waals surface area contributed by atoms with Gasteiger partial charge in [-0.3, -0.25) is 4.79 Å².